The van der Waals surface area contributed by atoms with Crippen LogP contribution in [0.2, 0.25) is 0 Å². The van der Waals surface area contributed by atoms with Gasteiger partial charge in [0, 0.05) is 17.1 Å². The number of rotatable bonds is 13. The fraction of sp³-hybridized carbons (Fsp3) is 0.394. The number of hydrogen-bond acceptors (Lipinski definition) is 5. The largest absolute Gasteiger partial charge is 0.494 e. The standard InChI is InChI=1S/C33H40BrN3O5S/c1-4-31(33(39)35-27-12-8-9-13-27)36(22-25-11-7-6-10-24(25)3)32(38)23-37(28-16-18-29(19-17-28)42-5-2)43(40,41)30-20-14-26(34)15-21-30/h6-7,10-11,14-21,27,31H,4-5,8-9,12-13,22-23H2,1-3H3,(H,35,39). The van der Waals surface area contributed by atoms with E-state index in [9.17, 15) is 18.0 Å². The Labute approximate surface area is 263 Å². The summed E-state index contributed by atoms with van der Waals surface area (Å²) in [6, 6.07) is 20.0. The number of sulfonamides is 1. The van der Waals surface area contributed by atoms with E-state index in [0.29, 0.717) is 24.5 Å². The van der Waals surface area contributed by atoms with Gasteiger partial charge in [0.05, 0.1) is 17.2 Å². The van der Waals surface area contributed by atoms with Gasteiger partial charge in [-0.3, -0.25) is 13.9 Å². The van der Waals surface area contributed by atoms with Gasteiger partial charge in [-0.2, -0.15) is 0 Å². The fourth-order valence-electron chi connectivity index (χ4n) is 5.40. The molecule has 1 aliphatic rings. The highest BCUT2D eigenvalue weighted by Gasteiger charge is 2.34. The van der Waals surface area contributed by atoms with Crippen LogP contribution in [-0.2, 0) is 26.2 Å². The molecule has 0 spiro atoms. The van der Waals surface area contributed by atoms with Crippen LogP contribution < -0.4 is 14.4 Å². The van der Waals surface area contributed by atoms with Crippen LogP contribution in [0.3, 0.4) is 0 Å². The third kappa shape index (κ3) is 8.17. The molecule has 0 saturated heterocycles. The van der Waals surface area contributed by atoms with E-state index in [1.165, 1.54) is 17.0 Å². The minimum Gasteiger partial charge on any atom is -0.494 e. The zero-order chi connectivity index (χ0) is 31.0. The van der Waals surface area contributed by atoms with Crippen LogP contribution in [0.4, 0.5) is 5.69 Å². The summed E-state index contributed by atoms with van der Waals surface area (Å²) in [5.41, 5.74) is 2.20. The first-order valence-electron chi connectivity index (χ1n) is 14.8. The molecule has 230 valence electrons. The van der Waals surface area contributed by atoms with Gasteiger partial charge in [0.2, 0.25) is 11.8 Å². The van der Waals surface area contributed by atoms with Gasteiger partial charge in [-0.1, -0.05) is 60.0 Å². The van der Waals surface area contributed by atoms with Gasteiger partial charge in [0.15, 0.2) is 0 Å². The van der Waals surface area contributed by atoms with Gasteiger partial charge < -0.3 is 15.0 Å². The summed E-state index contributed by atoms with van der Waals surface area (Å²) in [5.74, 6) is -0.0830. The number of halogens is 1. The lowest BCUT2D eigenvalue weighted by Gasteiger charge is -2.34. The van der Waals surface area contributed by atoms with Gasteiger partial charge in [-0.25, -0.2) is 8.42 Å². The van der Waals surface area contributed by atoms with Gasteiger partial charge in [0.25, 0.3) is 10.0 Å². The zero-order valence-corrected chi connectivity index (χ0v) is 27.4. The summed E-state index contributed by atoms with van der Waals surface area (Å²) in [4.78, 5) is 29.5. The van der Waals surface area contributed by atoms with E-state index >= 15 is 0 Å². The number of amides is 2. The van der Waals surface area contributed by atoms with E-state index in [1.807, 2.05) is 45.0 Å². The molecule has 0 radical (unpaired) electrons. The van der Waals surface area contributed by atoms with Crippen LogP contribution in [0.15, 0.2) is 82.2 Å². The molecule has 1 atom stereocenters. The molecule has 0 heterocycles. The van der Waals surface area contributed by atoms with E-state index < -0.39 is 28.5 Å². The lowest BCUT2D eigenvalue weighted by atomic mass is 10.1. The van der Waals surface area contributed by atoms with Crippen molar-refractivity contribution in [3.63, 3.8) is 0 Å². The van der Waals surface area contributed by atoms with Crippen LogP contribution in [0.25, 0.3) is 0 Å². The number of benzene rings is 3. The molecular formula is C33H40BrN3O5S. The van der Waals surface area contributed by atoms with Crippen molar-refractivity contribution in [2.24, 2.45) is 0 Å². The van der Waals surface area contributed by atoms with E-state index in [1.54, 1.807) is 36.4 Å². The number of carbonyl (C=O) groups excluding carboxylic acids is 2. The van der Waals surface area contributed by atoms with Gasteiger partial charge in [-0.05, 0) is 92.8 Å². The maximum absolute atomic E-state index is 14.3. The smallest absolute Gasteiger partial charge is 0.264 e. The summed E-state index contributed by atoms with van der Waals surface area (Å²) in [6.45, 7) is 5.87. The molecule has 0 bridgehead atoms. The van der Waals surface area contributed by atoms with E-state index in [4.69, 9.17) is 4.74 Å². The molecule has 1 N–H and O–H groups in total. The molecule has 2 amide bonds. The van der Waals surface area contributed by atoms with Crippen LogP contribution in [0.1, 0.15) is 57.1 Å². The summed E-state index contributed by atoms with van der Waals surface area (Å²) in [5, 5.41) is 3.15. The average molecular weight is 671 g/mol. The average Bonchev–Trinajstić information content (AvgIpc) is 3.50. The molecule has 0 aliphatic heterocycles. The third-order valence-electron chi connectivity index (χ3n) is 7.81. The second-order valence-electron chi connectivity index (χ2n) is 10.8. The van der Waals surface area contributed by atoms with Crippen LogP contribution in [-0.4, -0.2) is 50.4 Å². The Hall–Kier alpha value is -3.37. The van der Waals surface area contributed by atoms with Gasteiger partial charge >= 0.3 is 0 Å². The van der Waals surface area contributed by atoms with E-state index in [-0.39, 0.29) is 23.4 Å². The zero-order valence-electron chi connectivity index (χ0n) is 25.0. The molecule has 1 unspecified atom stereocenters. The third-order valence-corrected chi connectivity index (χ3v) is 10.1. The summed E-state index contributed by atoms with van der Waals surface area (Å²) in [6.07, 6.45) is 4.37. The van der Waals surface area contributed by atoms with Crippen molar-refractivity contribution in [1.29, 1.82) is 0 Å². The van der Waals surface area contributed by atoms with Crippen molar-refractivity contribution in [3.05, 3.63) is 88.4 Å². The summed E-state index contributed by atoms with van der Waals surface area (Å²) < 4.78 is 35.5. The number of ether oxygens (including phenoxy) is 1. The minimum absolute atomic E-state index is 0.0499. The number of carbonyl (C=O) groups is 2. The topological polar surface area (TPSA) is 96.0 Å². The molecule has 4 rings (SSSR count). The summed E-state index contributed by atoms with van der Waals surface area (Å²) >= 11 is 3.36. The Morgan fingerprint density at radius 2 is 1.63 bits per heavy atom. The molecule has 0 aromatic heterocycles. The lowest BCUT2D eigenvalue weighted by molar-refractivity contribution is -0.140. The molecule has 1 aliphatic carbocycles. The van der Waals surface area contributed by atoms with Crippen molar-refractivity contribution in [1.82, 2.24) is 10.2 Å². The van der Waals surface area contributed by atoms with Gasteiger partial charge in [0.1, 0.15) is 18.3 Å². The van der Waals surface area contributed by atoms with Gasteiger partial charge in [-0.15, -0.1) is 0 Å². The Balaban J connectivity index is 1.72. The number of anilines is 1. The maximum Gasteiger partial charge on any atom is 0.264 e. The predicted octanol–water partition coefficient (Wildman–Crippen LogP) is 6.22. The number of nitrogens with zero attached hydrogens (tertiary/aromatic N) is 2. The van der Waals surface area contributed by atoms with Crippen molar-refractivity contribution in [2.75, 3.05) is 17.5 Å². The van der Waals surface area contributed by atoms with Crippen LogP contribution in [0, 0.1) is 6.92 Å². The molecule has 3 aromatic rings. The molecule has 3 aromatic carbocycles. The van der Waals surface area contributed by atoms with Crippen LogP contribution >= 0.6 is 15.9 Å². The highest BCUT2D eigenvalue weighted by Crippen LogP contribution is 2.28. The maximum atomic E-state index is 14.3. The highest BCUT2D eigenvalue weighted by atomic mass is 79.9. The fourth-order valence-corrected chi connectivity index (χ4v) is 7.07. The second-order valence-corrected chi connectivity index (χ2v) is 13.5. The molecule has 1 fully saturated rings. The summed E-state index contributed by atoms with van der Waals surface area (Å²) in [7, 11) is -4.15. The number of nitrogens with one attached hydrogen (secondary N) is 1. The number of hydrogen-bond donors (Lipinski definition) is 1. The quantitative estimate of drug-likeness (QED) is 0.233. The Bertz CT molecular complexity index is 1490. The Kier molecular flexibility index (Phi) is 11.3. The van der Waals surface area contributed by atoms with E-state index in [0.717, 1.165) is 45.6 Å². The van der Waals surface area contributed by atoms with Crippen LogP contribution in [0.5, 0.6) is 5.75 Å². The van der Waals surface area contributed by atoms with E-state index in [2.05, 4.69) is 21.2 Å². The second kappa shape index (κ2) is 14.9. The molecule has 1 saturated carbocycles. The molecular weight excluding hydrogens is 630 g/mol. The minimum atomic E-state index is -4.15. The predicted molar refractivity (Wildman–Crippen MR) is 172 cm³/mol. The molecule has 43 heavy (non-hydrogen) atoms. The SMILES string of the molecule is CCOc1ccc(N(CC(=O)N(Cc2ccccc2C)C(CC)C(=O)NC2CCCC2)S(=O)(=O)c2ccc(Br)cc2)cc1. The monoisotopic (exact) mass is 669 g/mol. The number of aryl methyl sites for hydroxylation is 1. The first-order valence-corrected chi connectivity index (χ1v) is 17.0. The Morgan fingerprint density at radius 3 is 2.23 bits per heavy atom. The highest BCUT2D eigenvalue weighted by molar-refractivity contribution is 9.10. The normalized spacial score (nSPS) is 14.2. The molecule has 10 heteroatoms. The Morgan fingerprint density at radius 1 is 0.977 bits per heavy atom. The van der Waals surface area contributed by atoms with Crippen molar-refractivity contribution < 1.29 is 22.7 Å². The van der Waals surface area contributed by atoms with Crippen molar-refractivity contribution in [3.8, 4) is 5.75 Å². The first kappa shape index (κ1) is 32.5. The van der Waals surface area contributed by atoms with Crippen molar-refractivity contribution in [2.45, 2.75) is 76.4 Å². The lowest BCUT2D eigenvalue weighted by Crippen LogP contribution is -2.53. The first-order chi connectivity index (χ1) is 20.6. The molecule has 8 nitrogen and oxygen atoms in total. The van der Waals surface area contributed by atoms with Crippen molar-refractivity contribution >= 4 is 43.5 Å².